The second kappa shape index (κ2) is 5.20. The van der Waals surface area contributed by atoms with E-state index in [1.807, 2.05) is 0 Å². The van der Waals surface area contributed by atoms with Crippen molar-refractivity contribution in [2.75, 3.05) is 0 Å². The molecule has 0 amide bonds. The summed E-state index contributed by atoms with van der Waals surface area (Å²) < 4.78 is 0. The molecule has 0 saturated heterocycles. The summed E-state index contributed by atoms with van der Waals surface area (Å²) in [6, 6.07) is 0. The Morgan fingerprint density at radius 1 is 0.941 bits per heavy atom. The van der Waals surface area contributed by atoms with E-state index in [-0.39, 0.29) is 7.92 Å². The molecule has 102 valence electrons. The van der Waals surface area contributed by atoms with Crippen LogP contribution in [0.25, 0.3) is 0 Å². The molecule has 3 unspecified atom stereocenters. The third-order valence-electron chi connectivity index (χ3n) is 4.40. The summed E-state index contributed by atoms with van der Waals surface area (Å²) in [5.41, 5.74) is 0.919. The van der Waals surface area contributed by atoms with E-state index in [0.717, 1.165) is 17.5 Å². The smallest absolute Gasteiger partial charge is 0.0172 e. The maximum atomic E-state index is 2.55. The lowest BCUT2D eigenvalue weighted by Crippen LogP contribution is -2.34. The Morgan fingerprint density at radius 2 is 1.41 bits per heavy atom. The standard InChI is InChI=1S/C16H33P/c1-12-10-9-11-14(12)13(2)17(15(3,4)5)16(6,7)8/h12-14H,9-11H2,1-8H3. The first kappa shape index (κ1) is 15.5. The fraction of sp³-hybridized carbons (Fsp3) is 1.00. The van der Waals surface area contributed by atoms with Gasteiger partial charge in [0.1, 0.15) is 0 Å². The van der Waals surface area contributed by atoms with Crippen LogP contribution in [0.15, 0.2) is 0 Å². The molecule has 1 heteroatoms. The monoisotopic (exact) mass is 256 g/mol. The highest BCUT2D eigenvalue weighted by atomic mass is 31.1. The zero-order valence-corrected chi connectivity index (χ0v) is 14.2. The minimum Gasteiger partial charge on any atom is -0.0924 e. The van der Waals surface area contributed by atoms with E-state index in [0.29, 0.717) is 10.3 Å². The van der Waals surface area contributed by atoms with Crippen molar-refractivity contribution in [2.45, 2.75) is 90.6 Å². The molecule has 0 aromatic heterocycles. The first-order chi connectivity index (χ1) is 7.55. The highest BCUT2D eigenvalue weighted by molar-refractivity contribution is 7.61. The van der Waals surface area contributed by atoms with E-state index in [4.69, 9.17) is 0 Å². The van der Waals surface area contributed by atoms with Crippen LogP contribution in [0.1, 0.15) is 74.7 Å². The van der Waals surface area contributed by atoms with Gasteiger partial charge in [-0.05, 0) is 34.2 Å². The summed E-state index contributed by atoms with van der Waals surface area (Å²) in [5.74, 6) is 1.94. The second-order valence-corrected chi connectivity index (χ2v) is 12.3. The van der Waals surface area contributed by atoms with Gasteiger partial charge in [0.05, 0.1) is 0 Å². The largest absolute Gasteiger partial charge is 0.0924 e. The SMILES string of the molecule is CC1CCCC1C(C)P(C(C)(C)C)C(C)(C)C. The second-order valence-electron chi connectivity index (χ2n) is 8.02. The van der Waals surface area contributed by atoms with Gasteiger partial charge in [0, 0.05) is 0 Å². The van der Waals surface area contributed by atoms with Crippen LogP contribution in [0, 0.1) is 11.8 Å². The Morgan fingerprint density at radius 3 is 1.71 bits per heavy atom. The summed E-state index contributed by atoms with van der Waals surface area (Å²) in [6.07, 6.45) is 4.41. The Balaban J connectivity index is 2.91. The first-order valence-electron chi connectivity index (χ1n) is 7.34. The number of hydrogen-bond acceptors (Lipinski definition) is 0. The van der Waals surface area contributed by atoms with Crippen molar-refractivity contribution in [3.05, 3.63) is 0 Å². The molecule has 0 spiro atoms. The average Bonchev–Trinajstić information content (AvgIpc) is 2.45. The molecule has 1 saturated carbocycles. The zero-order chi connectivity index (χ0) is 13.4. The van der Waals surface area contributed by atoms with Gasteiger partial charge in [0.2, 0.25) is 0 Å². The van der Waals surface area contributed by atoms with Gasteiger partial charge in [-0.25, -0.2) is 0 Å². The maximum Gasteiger partial charge on any atom is -0.0172 e. The fourth-order valence-corrected chi connectivity index (χ4v) is 9.59. The lowest BCUT2D eigenvalue weighted by molar-refractivity contribution is 0.406. The quantitative estimate of drug-likeness (QED) is 0.540. The summed E-state index contributed by atoms with van der Waals surface area (Å²) in [7, 11) is 0.0584. The van der Waals surface area contributed by atoms with E-state index < -0.39 is 0 Å². The van der Waals surface area contributed by atoms with Crippen molar-refractivity contribution in [1.82, 2.24) is 0 Å². The third kappa shape index (κ3) is 3.69. The van der Waals surface area contributed by atoms with Crippen LogP contribution in [0.5, 0.6) is 0 Å². The zero-order valence-electron chi connectivity index (χ0n) is 13.3. The van der Waals surface area contributed by atoms with Crippen molar-refractivity contribution in [3.63, 3.8) is 0 Å². The van der Waals surface area contributed by atoms with Gasteiger partial charge in [0.15, 0.2) is 0 Å². The molecule has 0 aliphatic heterocycles. The maximum absolute atomic E-state index is 2.55. The molecule has 0 heterocycles. The van der Waals surface area contributed by atoms with Gasteiger partial charge in [-0.2, -0.15) is 0 Å². The van der Waals surface area contributed by atoms with E-state index >= 15 is 0 Å². The van der Waals surface area contributed by atoms with Gasteiger partial charge in [-0.3, -0.25) is 0 Å². The van der Waals surface area contributed by atoms with Crippen LogP contribution >= 0.6 is 7.92 Å². The Hall–Kier alpha value is 0.430. The van der Waals surface area contributed by atoms with Crippen molar-refractivity contribution in [3.8, 4) is 0 Å². The van der Waals surface area contributed by atoms with Crippen molar-refractivity contribution < 1.29 is 0 Å². The minimum atomic E-state index is 0.0584. The first-order valence-corrected chi connectivity index (χ1v) is 8.75. The fourth-order valence-electron chi connectivity index (χ4n) is 4.31. The highest BCUT2D eigenvalue weighted by Crippen LogP contribution is 2.65. The Labute approximate surface area is 111 Å². The van der Waals surface area contributed by atoms with Gasteiger partial charge in [-0.1, -0.05) is 76.2 Å². The Bertz CT molecular complexity index is 229. The van der Waals surface area contributed by atoms with Gasteiger partial charge in [-0.15, -0.1) is 0 Å². The molecule has 0 aromatic carbocycles. The van der Waals surface area contributed by atoms with Crippen molar-refractivity contribution in [1.29, 1.82) is 0 Å². The molecule has 17 heavy (non-hydrogen) atoms. The van der Waals surface area contributed by atoms with Crippen LogP contribution in [0.2, 0.25) is 0 Å². The van der Waals surface area contributed by atoms with Gasteiger partial charge in [0.25, 0.3) is 0 Å². The minimum absolute atomic E-state index is 0.0584. The van der Waals surface area contributed by atoms with E-state index in [9.17, 15) is 0 Å². The van der Waals surface area contributed by atoms with E-state index in [1.54, 1.807) is 0 Å². The predicted molar refractivity (Wildman–Crippen MR) is 82.4 cm³/mol. The van der Waals surface area contributed by atoms with Gasteiger partial charge < -0.3 is 0 Å². The molecule has 0 nitrogen and oxygen atoms in total. The molecule has 1 aliphatic carbocycles. The third-order valence-corrected chi connectivity index (χ3v) is 8.49. The normalized spacial score (nSPS) is 28.8. The lowest BCUT2D eigenvalue weighted by atomic mass is 9.95. The van der Waals surface area contributed by atoms with Gasteiger partial charge >= 0.3 is 0 Å². The summed E-state index contributed by atoms with van der Waals surface area (Å²) in [6.45, 7) is 19.8. The van der Waals surface area contributed by atoms with Crippen LogP contribution in [-0.4, -0.2) is 16.0 Å². The van der Waals surface area contributed by atoms with E-state index in [1.165, 1.54) is 19.3 Å². The molecule has 0 aromatic rings. The molecule has 0 bridgehead atoms. The molecule has 1 rings (SSSR count). The molecule has 1 aliphatic rings. The molecule has 0 N–H and O–H groups in total. The highest BCUT2D eigenvalue weighted by Gasteiger charge is 2.42. The summed E-state index contributed by atoms with van der Waals surface area (Å²) >= 11 is 0. The predicted octanol–water partition coefficient (Wildman–Crippen LogP) is 5.89. The molecule has 1 fully saturated rings. The lowest BCUT2D eigenvalue weighted by Gasteiger charge is -2.48. The number of rotatable bonds is 2. The molecule has 0 radical (unpaired) electrons. The van der Waals surface area contributed by atoms with Crippen LogP contribution < -0.4 is 0 Å². The van der Waals surface area contributed by atoms with Crippen LogP contribution in [-0.2, 0) is 0 Å². The molecular weight excluding hydrogens is 223 g/mol. The average molecular weight is 256 g/mol. The number of hydrogen-bond donors (Lipinski definition) is 0. The van der Waals surface area contributed by atoms with Crippen LogP contribution in [0.4, 0.5) is 0 Å². The van der Waals surface area contributed by atoms with E-state index in [2.05, 4.69) is 55.4 Å². The van der Waals surface area contributed by atoms with Crippen LogP contribution in [0.3, 0.4) is 0 Å². The topological polar surface area (TPSA) is 0 Å². The molecule has 3 atom stereocenters. The van der Waals surface area contributed by atoms with Crippen molar-refractivity contribution in [2.24, 2.45) is 11.8 Å². The summed E-state index contributed by atoms with van der Waals surface area (Å²) in [5, 5.41) is 0.963. The Kier molecular flexibility index (Phi) is 4.74. The van der Waals surface area contributed by atoms with Crippen molar-refractivity contribution >= 4 is 7.92 Å². The molecular formula is C16H33P. The summed E-state index contributed by atoms with van der Waals surface area (Å²) in [4.78, 5) is 0.